The van der Waals surface area contributed by atoms with Crippen LogP contribution in [0.15, 0.2) is 53.4 Å². The van der Waals surface area contributed by atoms with Crippen LogP contribution in [0.4, 0.5) is 0 Å². The van der Waals surface area contributed by atoms with E-state index in [1.54, 1.807) is 19.2 Å². The summed E-state index contributed by atoms with van der Waals surface area (Å²) in [6.45, 7) is 0.0120. The smallest absolute Gasteiger partial charge is 0.258 e. The molecule has 23 heavy (non-hydrogen) atoms. The molecule has 0 radical (unpaired) electrons. The lowest BCUT2D eigenvalue weighted by Gasteiger charge is -2.25. The molecule has 1 N–H and O–H groups in total. The fraction of sp³-hybridized carbons (Fsp3) is 0.278. The number of hydrogen-bond acceptors (Lipinski definition) is 4. The zero-order valence-corrected chi connectivity index (χ0v) is 13.8. The van der Waals surface area contributed by atoms with E-state index in [0.717, 1.165) is 17.9 Å². The van der Waals surface area contributed by atoms with Gasteiger partial charge in [0.15, 0.2) is 6.61 Å². The Morgan fingerprint density at radius 2 is 1.91 bits per heavy atom. The highest BCUT2D eigenvalue weighted by atomic mass is 32.2. The Balaban J connectivity index is 1.55. The van der Waals surface area contributed by atoms with Gasteiger partial charge in [0.05, 0.1) is 13.2 Å². The van der Waals surface area contributed by atoms with Crippen molar-refractivity contribution >= 4 is 17.7 Å². The van der Waals surface area contributed by atoms with Crippen molar-refractivity contribution in [2.75, 3.05) is 19.5 Å². The van der Waals surface area contributed by atoms with Crippen LogP contribution >= 0.6 is 11.8 Å². The molecule has 3 rings (SSSR count). The van der Waals surface area contributed by atoms with Crippen LogP contribution in [0, 0.1) is 0 Å². The van der Waals surface area contributed by atoms with Gasteiger partial charge in [-0.25, -0.2) is 0 Å². The summed E-state index contributed by atoms with van der Waals surface area (Å²) in [5.41, 5.74) is 1.20. The van der Waals surface area contributed by atoms with Gasteiger partial charge < -0.3 is 14.8 Å². The van der Waals surface area contributed by atoms with E-state index in [1.807, 2.05) is 36.0 Å². The van der Waals surface area contributed by atoms with Gasteiger partial charge in [-0.1, -0.05) is 18.2 Å². The lowest BCUT2D eigenvalue weighted by Crippen LogP contribution is -2.34. The highest BCUT2D eigenvalue weighted by molar-refractivity contribution is 7.99. The molecular formula is C18H19NO3S. The predicted molar refractivity (Wildman–Crippen MR) is 91.2 cm³/mol. The maximum absolute atomic E-state index is 12.1. The zero-order chi connectivity index (χ0) is 16.1. The van der Waals surface area contributed by atoms with Crippen molar-refractivity contribution in [1.82, 2.24) is 5.32 Å². The normalized spacial score (nSPS) is 16.3. The lowest BCUT2D eigenvalue weighted by molar-refractivity contribution is -0.123. The molecule has 2 aromatic rings. The third-order valence-electron chi connectivity index (χ3n) is 3.72. The van der Waals surface area contributed by atoms with E-state index in [2.05, 4.69) is 17.4 Å². The quantitative estimate of drug-likeness (QED) is 0.913. The maximum atomic E-state index is 12.1. The summed E-state index contributed by atoms with van der Waals surface area (Å²) in [4.78, 5) is 13.4. The first-order valence-corrected chi connectivity index (χ1v) is 8.53. The van der Waals surface area contributed by atoms with Gasteiger partial charge in [-0.2, -0.15) is 0 Å². The molecule has 2 aromatic carbocycles. The second-order valence-electron chi connectivity index (χ2n) is 5.26. The summed E-state index contributed by atoms with van der Waals surface area (Å²) in [6, 6.07) is 15.5. The van der Waals surface area contributed by atoms with Crippen LogP contribution in [-0.4, -0.2) is 25.4 Å². The number of carbonyl (C=O) groups is 1. The van der Waals surface area contributed by atoms with Crippen LogP contribution in [0.3, 0.4) is 0 Å². The van der Waals surface area contributed by atoms with Crippen LogP contribution in [0.25, 0.3) is 0 Å². The molecule has 4 nitrogen and oxygen atoms in total. The highest BCUT2D eigenvalue weighted by Crippen LogP contribution is 2.35. The molecule has 1 aliphatic rings. The van der Waals surface area contributed by atoms with E-state index in [9.17, 15) is 4.79 Å². The number of thioether (sulfide) groups is 1. The molecule has 1 heterocycles. The predicted octanol–water partition coefficient (Wildman–Crippen LogP) is 3.43. The number of methoxy groups -OCH3 is 1. The van der Waals surface area contributed by atoms with E-state index in [1.165, 1.54) is 10.5 Å². The number of fused-ring (bicyclic) bond motifs is 1. The van der Waals surface area contributed by atoms with Crippen molar-refractivity contribution in [3.63, 3.8) is 0 Å². The molecule has 120 valence electrons. The Hall–Kier alpha value is -2.14. The van der Waals surface area contributed by atoms with Crippen molar-refractivity contribution < 1.29 is 14.3 Å². The first-order valence-electron chi connectivity index (χ1n) is 7.54. The Kier molecular flexibility index (Phi) is 5.08. The number of hydrogen-bond donors (Lipinski definition) is 1. The number of rotatable bonds is 5. The van der Waals surface area contributed by atoms with Crippen molar-refractivity contribution in [2.24, 2.45) is 0 Å². The van der Waals surface area contributed by atoms with Crippen LogP contribution in [0.1, 0.15) is 18.0 Å². The monoisotopic (exact) mass is 329 g/mol. The molecule has 1 amide bonds. The average molecular weight is 329 g/mol. The van der Waals surface area contributed by atoms with E-state index >= 15 is 0 Å². The maximum Gasteiger partial charge on any atom is 0.258 e. The van der Waals surface area contributed by atoms with Gasteiger partial charge in [-0.3, -0.25) is 4.79 Å². The largest absolute Gasteiger partial charge is 0.497 e. The van der Waals surface area contributed by atoms with Crippen molar-refractivity contribution in [1.29, 1.82) is 0 Å². The average Bonchev–Trinajstić information content (AvgIpc) is 2.61. The fourth-order valence-corrected chi connectivity index (χ4v) is 3.67. The summed E-state index contributed by atoms with van der Waals surface area (Å²) in [5, 5.41) is 3.07. The van der Waals surface area contributed by atoms with Gasteiger partial charge in [0.25, 0.3) is 5.91 Å². The third-order valence-corrected chi connectivity index (χ3v) is 4.85. The molecule has 1 aliphatic heterocycles. The Bertz CT molecular complexity index is 672. The molecular weight excluding hydrogens is 310 g/mol. The van der Waals surface area contributed by atoms with Crippen LogP contribution in [0.5, 0.6) is 11.5 Å². The third kappa shape index (κ3) is 3.99. The van der Waals surface area contributed by atoms with Crippen molar-refractivity contribution in [3.8, 4) is 11.5 Å². The number of ether oxygens (including phenoxy) is 2. The van der Waals surface area contributed by atoms with Crippen LogP contribution < -0.4 is 14.8 Å². The first kappa shape index (κ1) is 15.7. The van der Waals surface area contributed by atoms with E-state index in [0.29, 0.717) is 5.75 Å². The topological polar surface area (TPSA) is 47.6 Å². The standard InChI is InChI=1S/C18H19NO3S/c1-21-13-6-8-14(9-7-13)22-12-18(20)19-16-10-11-23-17-5-3-2-4-15(16)17/h2-9,16H,10-12H2,1H3,(H,19,20)/t16-/m1/s1. The van der Waals surface area contributed by atoms with Gasteiger partial charge in [0.2, 0.25) is 0 Å². The second kappa shape index (κ2) is 7.42. The first-order chi connectivity index (χ1) is 11.3. The van der Waals surface area contributed by atoms with Crippen LogP contribution in [0.2, 0.25) is 0 Å². The van der Waals surface area contributed by atoms with Gasteiger partial charge in [-0.15, -0.1) is 11.8 Å². The molecule has 0 bridgehead atoms. The Morgan fingerprint density at radius 3 is 2.70 bits per heavy atom. The molecule has 0 unspecified atom stereocenters. The number of benzene rings is 2. The molecule has 0 saturated carbocycles. The molecule has 0 aliphatic carbocycles. The van der Waals surface area contributed by atoms with Crippen LogP contribution in [-0.2, 0) is 4.79 Å². The molecule has 5 heteroatoms. The highest BCUT2D eigenvalue weighted by Gasteiger charge is 2.21. The lowest BCUT2D eigenvalue weighted by atomic mass is 10.0. The van der Waals surface area contributed by atoms with Gasteiger partial charge in [-0.05, 0) is 42.3 Å². The minimum atomic E-state index is -0.104. The van der Waals surface area contributed by atoms with Gasteiger partial charge in [0, 0.05) is 10.6 Å². The minimum absolute atomic E-state index is 0.0120. The van der Waals surface area contributed by atoms with E-state index in [4.69, 9.17) is 9.47 Å². The number of nitrogens with one attached hydrogen (secondary N) is 1. The molecule has 1 atom stereocenters. The summed E-state index contributed by atoms with van der Waals surface area (Å²) in [5.74, 6) is 2.33. The molecule has 0 fully saturated rings. The van der Waals surface area contributed by atoms with Crippen molar-refractivity contribution in [2.45, 2.75) is 17.4 Å². The molecule has 0 aromatic heterocycles. The summed E-state index contributed by atoms with van der Waals surface area (Å²) in [7, 11) is 1.61. The summed E-state index contributed by atoms with van der Waals surface area (Å²) in [6.07, 6.45) is 0.940. The Labute approximate surface area is 140 Å². The van der Waals surface area contributed by atoms with Crippen molar-refractivity contribution in [3.05, 3.63) is 54.1 Å². The van der Waals surface area contributed by atoms with Gasteiger partial charge in [0.1, 0.15) is 11.5 Å². The molecule has 0 saturated heterocycles. The second-order valence-corrected chi connectivity index (χ2v) is 6.40. The minimum Gasteiger partial charge on any atom is -0.497 e. The number of amides is 1. The summed E-state index contributed by atoms with van der Waals surface area (Å²) >= 11 is 1.84. The van der Waals surface area contributed by atoms with E-state index in [-0.39, 0.29) is 18.6 Å². The Morgan fingerprint density at radius 1 is 1.17 bits per heavy atom. The number of carbonyl (C=O) groups excluding carboxylic acids is 1. The van der Waals surface area contributed by atoms with E-state index < -0.39 is 0 Å². The zero-order valence-electron chi connectivity index (χ0n) is 13.0. The van der Waals surface area contributed by atoms with Gasteiger partial charge >= 0.3 is 0 Å². The fourth-order valence-electron chi connectivity index (χ4n) is 2.55. The SMILES string of the molecule is COc1ccc(OCC(=O)N[C@@H]2CCSc3ccccc32)cc1. The molecule has 0 spiro atoms. The summed E-state index contributed by atoms with van der Waals surface area (Å²) < 4.78 is 10.6.